The zero-order valence-corrected chi connectivity index (χ0v) is 9.76. The van der Waals surface area contributed by atoms with E-state index < -0.39 is 0 Å². The van der Waals surface area contributed by atoms with E-state index in [1.807, 2.05) is 6.92 Å². The molecule has 0 aliphatic rings. The highest BCUT2D eigenvalue weighted by atomic mass is 16.5. The van der Waals surface area contributed by atoms with Crippen molar-refractivity contribution in [3.63, 3.8) is 0 Å². The summed E-state index contributed by atoms with van der Waals surface area (Å²) in [5.74, 6) is -0.284. The average Bonchev–Trinajstić information content (AvgIpc) is 2.33. The number of carbonyl (C=O) groups excluding carboxylic acids is 1. The summed E-state index contributed by atoms with van der Waals surface area (Å²) in [6.07, 6.45) is 2.10. The zero-order valence-electron chi connectivity index (χ0n) is 9.76. The molecular formula is C10H22NO5+. The van der Waals surface area contributed by atoms with Gasteiger partial charge in [0.05, 0.1) is 0 Å². The molecule has 0 aromatic carbocycles. The first kappa shape index (κ1) is 15.3. The molecule has 0 aliphatic heterocycles. The number of unbranched alkanes of at least 4 members (excludes halogenated alkanes) is 1. The molecule has 0 saturated heterocycles. The first-order valence-corrected chi connectivity index (χ1v) is 5.47. The normalized spacial score (nSPS) is 11.5. The van der Waals surface area contributed by atoms with Gasteiger partial charge in [-0.15, -0.1) is 0 Å². The molecular weight excluding hydrogens is 214 g/mol. The summed E-state index contributed by atoms with van der Waals surface area (Å²) >= 11 is 0. The molecule has 0 amide bonds. The van der Waals surface area contributed by atoms with Gasteiger partial charge >= 0.3 is 5.97 Å². The maximum absolute atomic E-state index is 11.1. The molecule has 0 spiro atoms. The maximum Gasteiger partial charge on any atom is 0.305 e. The number of ether oxygens (including phenoxy) is 1. The van der Waals surface area contributed by atoms with Gasteiger partial charge in [0.1, 0.15) is 13.2 Å². The van der Waals surface area contributed by atoms with E-state index in [4.69, 9.17) is 20.1 Å². The molecule has 0 fully saturated rings. The summed E-state index contributed by atoms with van der Waals surface area (Å²) in [4.78, 5) is 11.1. The predicted molar refractivity (Wildman–Crippen MR) is 56.9 cm³/mol. The smallest absolute Gasteiger partial charge is 0.305 e. The van der Waals surface area contributed by atoms with Crippen LogP contribution in [-0.2, 0) is 9.53 Å². The van der Waals surface area contributed by atoms with E-state index in [-0.39, 0.29) is 43.8 Å². The third-order valence-electron chi connectivity index (χ3n) is 2.46. The number of rotatable bonds is 9. The van der Waals surface area contributed by atoms with Crippen LogP contribution in [0.2, 0.25) is 0 Å². The van der Waals surface area contributed by atoms with Gasteiger partial charge in [0, 0.05) is 6.42 Å². The Morgan fingerprint density at radius 1 is 1.19 bits per heavy atom. The Morgan fingerprint density at radius 3 is 2.19 bits per heavy atom. The van der Waals surface area contributed by atoms with Gasteiger partial charge in [0.25, 0.3) is 0 Å². The molecule has 0 atom stereocenters. The van der Waals surface area contributed by atoms with Crippen LogP contribution in [0.15, 0.2) is 0 Å². The number of carbonyl (C=O) groups is 1. The predicted octanol–water partition coefficient (Wildman–Crippen LogP) is -0.614. The lowest BCUT2D eigenvalue weighted by molar-refractivity contribution is -0.976. The molecule has 0 aromatic rings. The van der Waals surface area contributed by atoms with Crippen molar-refractivity contribution in [1.29, 1.82) is 0 Å². The fraction of sp³-hybridized carbons (Fsp3) is 0.900. The number of quaternary nitrogens is 1. The summed E-state index contributed by atoms with van der Waals surface area (Å²) < 4.78 is 4.63. The molecule has 6 heteroatoms. The minimum absolute atomic E-state index is 0.0875. The van der Waals surface area contributed by atoms with Crippen LogP contribution in [0.3, 0.4) is 0 Å². The van der Waals surface area contributed by atoms with Crippen molar-refractivity contribution in [2.24, 2.45) is 0 Å². The van der Waals surface area contributed by atoms with Crippen LogP contribution in [0.1, 0.15) is 26.2 Å². The number of nitrogens with zero attached hydrogens (tertiary/aromatic N) is 1. The van der Waals surface area contributed by atoms with Crippen molar-refractivity contribution in [3.8, 4) is 0 Å². The molecule has 0 radical (unpaired) electrons. The van der Waals surface area contributed by atoms with Gasteiger partial charge in [-0.2, -0.15) is 0 Å². The van der Waals surface area contributed by atoms with Crippen molar-refractivity contribution < 1.29 is 29.3 Å². The van der Waals surface area contributed by atoms with Gasteiger partial charge in [-0.05, 0) is 6.42 Å². The standard InChI is InChI=1S/C10H22NO5/c1-2-3-4-10(15)16-6-5-11(7-12,8-13)9-14/h12-14H,2-9H2,1H3/q+1. The molecule has 0 aromatic heterocycles. The molecule has 96 valence electrons. The van der Waals surface area contributed by atoms with Crippen LogP contribution >= 0.6 is 0 Å². The third kappa shape index (κ3) is 5.41. The highest BCUT2D eigenvalue weighted by molar-refractivity contribution is 5.69. The second kappa shape index (κ2) is 8.46. The molecule has 6 nitrogen and oxygen atoms in total. The van der Waals surface area contributed by atoms with Crippen LogP contribution in [0.25, 0.3) is 0 Å². The lowest BCUT2D eigenvalue weighted by atomic mass is 10.2. The molecule has 3 N–H and O–H groups in total. The van der Waals surface area contributed by atoms with Crippen molar-refractivity contribution >= 4 is 5.97 Å². The number of hydrogen-bond donors (Lipinski definition) is 3. The zero-order chi connectivity index (χ0) is 12.4. The Morgan fingerprint density at radius 2 is 1.75 bits per heavy atom. The maximum atomic E-state index is 11.1. The van der Waals surface area contributed by atoms with Crippen LogP contribution in [0.4, 0.5) is 0 Å². The van der Waals surface area contributed by atoms with Gasteiger partial charge < -0.3 is 20.1 Å². The van der Waals surface area contributed by atoms with Gasteiger partial charge in [0.15, 0.2) is 20.2 Å². The SMILES string of the molecule is CCCCC(=O)OCC[N+](CO)(CO)CO. The fourth-order valence-electron chi connectivity index (χ4n) is 1.09. The van der Waals surface area contributed by atoms with E-state index >= 15 is 0 Å². The van der Waals surface area contributed by atoms with Crippen LogP contribution in [-0.4, -0.2) is 59.1 Å². The van der Waals surface area contributed by atoms with Crippen LogP contribution in [0, 0.1) is 0 Å². The van der Waals surface area contributed by atoms with Crippen molar-refractivity contribution in [1.82, 2.24) is 0 Å². The quantitative estimate of drug-likeness (QED) is 0.282. The number of hydrogen-bond acceptors (Lipinski definition) is 5. The van der Waals surface area contributed by atoms with Crippen molar-refractivity contribution in [2.75, 3.05) is 33.3 Å². The Kier molecular flexibility index (Phi) is 8.10. The second-order valence-corrected chi connectivity index (χ2v) is 3.81. The van der Waals surface area contributed by atoms with E-state index in [1.165, 1.54) is 0 Å². The largest absolute Gasteiger partial charge is 0.460 e. The summed E-state index contributed by atoms with van der Waals surface area (Å²) in [6.45, 7) is 1.10. The van der Waals surface area contributed by atoms with E-state index in [9.17, 15) is 4.79 Å². The highest BCUT2D eigenvalue weighted by Crippen LogP contribution is 2.03. The van der Waals surface area contributed by atoms with Crippen LogP contribution < -0.4 is 0 Å². The molecule has 0 saturated carbocycles. The first-order chi connectivity index (χ1) is 7.64. The minimum atomic E-state index is -0.389. The number of aliphatic hydroxyl groups is 3. The highest BCUT2D eigenvalue weighted by Gasteiger charge is 2.24. The Hall–Kier alpha value is -0.690. The Bertz CT molecular complexity index is 185. The lowest BCUT2D eigenvalue weighted by Gasteiger charge is -2.31. The second-order valence-electron chi connectivity index (χ2n) is 3.81. The molecule has 0 rings (SSSR count). The topological polar surface area (TPSA) is 87.0 Å². The third-order valence-corrected chi connectivity index (χ3v) is 2.46. The average molecular weight is 236 g/mol. The Balaban J connectivity index is 3.81. The Labute approximate surface area is 95.7 Å². The monoisotopic (exact) mass is 236 g/mol. The van der Waals surface area contributed by atoms with Crippen molar-refractivity contribution in [2.45, 2.75) is 26.2 Å². The number of esters is 1. The summed E-state index contributed by atoms with van der Waals surface area (Å²) in [5, 5.41) is 27.0. The van der Waals surface area contributed by atoms with E-state index in [1.54, 1.807) is 0 Å². The molecule has 0 unspecified atom stereocenters. The van der Waals surface area contributed by atoms with Gasteiger partial charge in [-0.25, -0.2) is 0 Å². The van der Waals surface area contributed by atoms with E-state index in [0.29, 0.717) is 6.42 Å². The lowest BCUT2D eigenvalue weighted by Crippen LogP contribution is -2.52. The van der Waals surface area contributed by atoms with Gasteiger partial charge in [0.2, 0.25) is 0 Å². The summed E-state index contributed by atoms with van der Waals surface area (Å²) in [6, 6.07) is 0. The summed E-state index contributed by atoms with van der Waals surface area (Å²) in [5.41, 5.74) is 0. The van der Waals surface area contributed by atoms with E-state index in [2.05, 4.69) is 0 Å². The first-order valence-electron chi connectivity index (χ1n) is 5.47. The number of aliphatic hydroxyl groups excluding tert-OH is 3. The van der Waals surface area contributed by atoms with Gasteiger partial charge in [-0.3, -0.25) is 9.28 Å². The fourth-order valence-corrected chi connectivity index (χ4v) is 1.09. The minimum Gasteiger partial charge on any atom is -0.460 e. The molecule has 0 aliphatic carbocycles. The molecule has 0 heterocycles. The van der Waals surface area contributed by atoms with E-state index in [0.717, 1.165) is 12.8 Å². The summed E-state index contributed by atoms with van der Waals surface area (Å²) in [7, 11) is 0. The van der Waals surface area contributed by atoms with Crippen molar-refractivity contribution in [3.05, 3.63) is 0 Å². The van der Waals surface area contributed by atoms with Crippen LogP contribution in [0.5, 0.6) is 0 Å². The van der Waals surface area contributed by atoms with Gasteiger partial charge in [-0.1, -0.05) is 13.3 Å². The molecule has 0 bridgehead atoms. The molecule has 16 heavy (non-hydrogen) atoms.